The Bertz CT molecular complexity index is 278. The lowest BCUT2D eigenvalue weighted by molar-refractivity contribution is 0.220. The Kier molecular flexibility index (Phi) is 2.97. The number of hydrogen-bond donors (Lipinski definition) is 1. The van der Waals surface area contributed by atoms with Crippen LogP contribution in [0, 0.1) is 6.92 Å². The average Bonchev–Trinajstić information content (AvgIpc) is 2.33. The van der Waals surface area contributed by atoms with Gasteiger partial charge in [-0.1, -0.05) is 13.8 Å². The maximum Gasteiger partial charge on any atom is 0.0530 e. The van der Waals surface area contributed by atoms with Gasteiger partial charge >= 0.3 is 0 Å². The van der Waals surface area contributed by atoms with Crippen molar-refractivity contribution in [2.75, 3.05) is 6.61 Å². The highest BCUT2D eigenvalue weighted by atomic mass is 79.9. The highest BCUT2D eigenvalue weighted by Crippen LogP contribution is 2.36. The van der Waals surface area contributed by atoms with Gasteiger partial charge < -0.3 is 5.11 Å². The van der Waals surface area contributed by atoms with Crippen molar-refractivity contribution < 1.29 is 5.11 Å². The van der Waals surface area contributed by atoms with E-state index < -0.39 is 0 Å². The number of thiophene rings is 1. The van der Waals surface area contributed by atoms with Crippen molar-refractivity contribution >= 4 is 27.3 Å². The van der Waals surface area contributed by atoms with Gasteiger partial charge in [0.05, 0.1) is 6.61 Å². The predicted molar refractivity (Wildman–Crippen MR) is 56.9 cm³/mol. The molecule has 0 bridgehead atoms. The molecule has 0 aliphatic carbocycles. The summed E-state index contributed by atoms with van der Waals surface area (Å²) in [5.74, 6) is 0. The van der Waals surface area contributed by atoms with E-state index in [2.05, 4.69) is 28.2 Å². The van der Waals surface area contributed by atoms with Gasteiger partial charge in [0.15, 0.2) is 0 Å². The molecule has 0 radical (unpaired) electrons. The summed E-state index contributed by atoms with van der Waals surface area (Å²) >= 11 is 5.23. The zero-order chi connectivity index (χ0) is 9.35. The number of rotatable bonds is 2. The Balaban J connectivity index is 3.11. The Morgan fingerprint density at radius 3 is 2.50 bits per heavy atom. The van der Waals surface area contributed by atoms with Crippen LogP contribution in [0.15, 0.2) is 9.85 Å². The molecule has 68 valence electrons. The molecule has 0 saturated carbocycles. The molecule has 1 nitrogen and oxygen atoms in total. The van der Waals surface area contributed by atoms with Crippen LogP contribution in [0.25, 0.3) is 0 Å². The van der Waals surface area contributed by atoms with Gasteiger partial charge in [-0.25, -0.2) is 0 Å². The van der Waals surface area contributed by atoms with Crippen molar-refractivity contribution in [1.29, 1.82) is 0 Å². The van der Waals surface area contributed by atoms with Gasteiger partial charge in [0, 0.05) is 14.8 Å². The van der Waals surface area contributed by atoms with Crippen LogP contribution in [-0.2, 0) is 5.41 Å². The summed E-state index contributed by atoms with van der Waals surface area (Å²) in [5, 5.41) is 11.3. The van der Waals surface area contributed by atoms with Crippen molar-refractivity contribution in [3.63, 3.8) is 0 Å². The molecular formula is C9H13BrOS. The SMILES string of the molecule is Cc1csc(C(C)(C)CO)c1Br. The fraction of sp³-hybridized carbons (Fsp3) is 0.556. The van der Waals surface area contributed by atoms with Crippen LogP contribution in [0.4, 0.5) is 0 Å². The monoisotopic (exact) mass is 248 g/mol. The minimum atomic E-state index is -0.127. The van der Waals surface area contributed by atoms with Gasteiger partial charge in [0.2, 0.25) is 0 Å². The van der Waals surface area contributed by atoms with Crippen LogP contribution >= 0.6 is 27.3 Å². The molecule has 1 aromatic rings. The fourth-order valence-electron chi connectivity index (χ4n) is 0.958. The summed E-state index contributed by atoms with van der Waals surface area (Å²) in [5.41, 5.74) is 1.12. The molecule has 0 unspecified atom stereocenters. The van der Waals surface area contributed by atoms with Gasteiger partial charge in [-0.05, 0) is 33.8 Å². The Morgan fingerprint density at radius 2 is 2.17 bits per heavy atom. The normalized spacial score (nSPS) is 12.1. The fourth-order valence-corrected chi connectivity index (χ4v) is 3.10. The van der Waals surface area contributed by atoms with Gasteiger partial charge in [-0.15, -0.1) is 11.3 Å². The molecule has 0 aliphatic rings. The van der Waals surface area contributed by atoms with Crippen LogP contribution in [0.3, 0.4) is 0 Å². The molecule has 1 heterocycles. The van der Waals surface area contributed by atoms with E-state index in [9.17, 15) is 0 Å². The molecule has 0 saturated heterocycles. The highest BCUT2D eigenvalue weighted by Gasteiger charge is 2.24. The molecule has 0 aromatic carbocycles. The first-order chi connectivity index (χ1) is 5.49. The highest BCUT2D eigenvalue weighted by molar-refractivity contribution is 9.10. The molecule has 1 rings (SSSR count). The summed E-state index contributed by atoms with van der Waals surface area (Å²) in [7, 11) is 0. The lowest BCUT2D eigenvalue weighted by Gasteiger charge is -2.20. The minimum Gasteiger partial charge on any atom is -0.395 e. The Labute approximate surface area is 85.6 Å². The number of hydrogen-bond acceptors (Lipinski definition) is 2. The number of aryl methyl sites for hydroxylation is 1. The van der Waals surface area contributed by atoms with E-state index in [4.69, 9.17) is 5.11 Å². The second kappa shape index (κ2) is 3.48. The first kappa shape index (κ1) is 10.2. The van der Waals surface area contributed by atoms with Crippen LogP contribution in [0.1, 0.15) is 24.3 Å². The average molecular weight is 249 g/mol. The third-order valence-electron chi connectivity index (χ3n) is 1.91. The third kappa shape index (κ3) is 1.73. The quantitative estimate of drug-likeness (QED) is 0.853. The molecular weight excluding hydrogens is 236 g/mol. The van der Waals surface area contributed by atoms with Crippen molar-refractivity contribution in [3.8, 4) is 0 Å². The largest absolute Gasteiger partial charge is 0.395 e. The van der Waals surface area contributed by atoms with Crippen LogP contribution in [0.2, 0.25) is 0 Å². The molecule has 12 heavy (non-hydrogen) atoms. The van der Waals surface area contributed by atoms with E-state index in [0.29, 0.717) is 0 Å². The summed E-state index contributed by atoms with van der Waals surface area (Å²) in [6, 6.07) is 0. The number of halogens is 1. The molecule has 0 spiro atoms. The molecule has 0 aliphatic heterocycles. The van der Waals surface area contributed by atoms with Gasteiger partial charge in [-0.2, -0.15) is 0 Å². The standard InChI is InChI=1S/C9H13BrOS/c1-6-4-12-8(7(6)10)9(2,3)5-11/h4,11H,5H2,1-3H3. The third-order valence-corrected chi connectivity index (χ3v) is 4.66. The predicted octanol–water partition coefficient (Wildman–Crippen LogP) is 3.09. The van der Waals surface area contributed by atoms with Crippen LogP contribution in [0.5, 0.6) is 0 Å². The first-order valence-corrected chi connectivity index (χ1v) is 5.51. The van der Waals surface area contributed by atoms with E-state index in [1.54, 1.807) is 11.3 Å². The molecule has 3 heteroatoms. The lowest BCUT2D eigenvalue weighted by atomic mass is 9.92. The van der Waals surface area contributed by atoms with Crippen molar-refractivity contribution in [2.24, 2.45) is 0 Å². The maximum absolute atomic E-state index is 9.17. The molecule has 1 aromatic heterocycles. The molecule has 0 amide bonds. The first-order valence-electron chi connectivity index (χ1n) is 3.84. The lowest BCUT2D eigenvalue weighted by Crippen LogP contribution is -2.20. The smallest absolute Gasteiger partial charge is 0.0530 e. The zero-order valence-electron chi connectivity index (χ0n) is 7.52. The van der Waals surface area contributed by atoms with Crippen LogP contribution < -0.4 is 0 Å². The van der Waals surface area contributed by atoms with Crippen molar-refractivity contribution in [3.05, 3.63) is 20.3 Å². The summed E-state index contributed by atoms with van der Waals surface area (Å²) in [6.45, 7) is 6.34. The van der Waals surface area contributed by atoms with Gasteiger partial charge in [0.1, 0.15) is 0 Å². The zero-order valence-corrected chi connectivity index (χ0v) is 9.92. The summed E-state index contributed by atoms with van der Waals surface area (Å²) in [6.07, 6.45) is 0. The summed E-state index contributed by atoms with van der Waals surface area (Å²) < 4.78 is 1.14. The number of aliphatic hydroxyl groups excluding tert-OH is 1. The van der Waals surface area contributed by atoms with Crippen molar-refractivity contribution in [1.82, 2.24) is 0 Å². The van der Waals surface area contributed by atoms with E-state index in [0.717, 1.165) is 4.47 Å². The van der Waals surface area contributed by atoms with Gasteiger partial charge in [0.25, 0.3) is 0 Å². The second-order valence-electron chi connectivity index (χ2n) is 3.60. The number of aliphatic hydroxyl groups is 1. The minimum absolute atomic E-state index is 0.127. The molecule has 0 fully saturated rings. The topological polar surface area (TPSA) is 20.2 Å². The van der Waals surface area contributed by atoms with Gasteiger partial charge in [-0.3, -0.25) is 0 Å². The van der Waals surface area contributed by atoms with Crippen molar-refractivity contribution in [2.45, 2.75) is 26.2 Å². The van der Waals surface area contributed by atoms with E-state index in [-0.39, 0.29) is 12.0 Å². The second-order valence-corrected chi connectivity index (χ2v) is 5.28. The molecule has 0 atom stereocenters. The summed E-state index contributed by atoms with van der Waals surface area (Å²) in [4.78, 5) is 1.22. The maximum atomic E-state index is 9.17. The van der Waals surface area contributed by atoms with E-state index in [1.165, 1.54) is 10.4 Å². The van der Waals surface area contributed by atoms with E-state index >= 15 is 0 Å². The Hall–Kier alpha value is 0.140. The van der Waals surface area contributed by atoms with E-state index in [1.807, 2.05) is 13.8 Å². The van der Waals surface area contributed by atoms with Crippen LogP contribution in [-0.4, -0.2) is 11.7 Å². The molecule has 1 N–H and O–H groups in total. The Morgan fingerprint density at radius 1 is 1.58 bits per heavy atom.